The molecule has 1 heterocycles. The normalized spacial score (nSPS) is 15.6. The predicted molar refractivity (Wildman–Crippen MR) is 137 cm³/mol. The summed E-state index contributed by atoms with van der Waals surface area (Å²) < 4.78 is 0. The van der Waals surface area contributed by atoms with Gasteiger partial charge in [0.15, 0.2) is 0 Å². The molecule has 8 nitrogen and oxygen atoms in total. The van der Waals surface area contributed by atoms with Crippen LogP contribution >= 0.6 is 0 Å². The van der Waals surface area contributed by atoms with Crippen LogP contribution in [0.5, 0.6) is 0 Å². The fourth-order valence-corrected chi connectivity index (χ4v) is 3.07. The van der Waals surface area contributed by atoms with E-state index in [9.17, 15) is 5.11 Å². The van der Waals surface area contributed by atoms with E-state index in [4.69, 9.17) is 10.6 Å². The largest absolute Gasteiger partial charge is 0.393 e. The van der Waals surface area contributed by atoms with Crippen LogP contribution in [-0.4, -0.2) is 53.1 Å². The minimum absolute atomic E-state index is 0.163. The molecule has 0 bridgehead atoms. The molecule has 0 saturated carbocycles. The van der Waals surface area contributed by atoms with Crippen LogP contribution in [0.15, 0.2) is 88.8 Å². The van der Waals surface area contributed by atoms with Crippen molar-refractivity contribution < 1.29 is 10.2 Å². The first kappa shape index (κ1) is 28.8. The molecule has 1 aliphatic heterocycles. The zero-order valence-electron chi connectivity index (χ0n) is 20.3. The summed E-state index contributed by atoms with van der Waals surface area (Å²) in [5.74, 6) is 0. The second kappa shape index (κ2) is 18.3. The van der Waals surface area contributed by atoms with Crippen LogP contribution in [0, 0.1) is 0 Å². The van der Waals surface area contributed by atoms with Crippen molar-refractivity contribution in [3.05, 3.63) is 94.9 Å². The molecule has 0 saturated heterocycles. The van der Waals surface area contributed by atoms with Crippen LogP contribution in [0.1, 0.15) is 37.8 Å². The Kier molecular flexibility index (Phi) is 15.5. The molecule has 8 heteroatoms. The number of β-amino-alcohol motifs (C(OH)–C–C–N with tert-alkyl or cyclic N) is 1. The van der Waals surface area contributed by atoms with E-state index in [2.05, 4.69) is 75.5 Å². The maximum absolute atomic E-state index is 9.26. The smallest absolute Gasteiger partial charge is 0.0924 e. The summed E-state index contributed by atoms with van der Waals surface area (Å²) in [5, 5.41) is 30.9. The standard InChI is InChI=1S/C13H19N3O.C10H12.C3H7N3O/c1-11(17)9-16-10-13(14-15-16)8-7-12-5-3-2-4-6-12;1-2-3-7-10-8-5-4-6-9-10;1-3(7)2-5-6-4/h2-6,11,13,17H,7-10H2,1H3;2,4-6,8-9H,1,3,7H2;3,7H,2H2,1H3. The van der Waals surface area contributed by atoms with Gasteiger partial charge in [-0.15, -0.1) is 6.58 Å². The minimum Gasteiger partial charge on any atom is -0.393 e. The fraction of sp³-hybridized carbons (Fsp3) is 0.462. The number of aliphatic hydroxyl groups excluding tert-OH is 2. The van der Waals surface area contributed by atoms with Crippen LogP contribution in [0.4, 0.5) is 0 Å². The highest BCUT2D eigenvalue weighted by Gasteiger charge is 2.19. The van der Waals surface area contributed by atoms with Gasteiger partial charge in [0.25, 0.3) is 0 Å². The maximum Gasteiger partial charge on any atom is 0.0924 e. The van der Waals surface area contributed by atoms with Crippen LogP contribution in [0.3, 0.4) is 0 Å². The van der Waals surface area contributed by atoms with E-state index in [1.54, 1.807) is 13.8 Å². The maximum atomic E-state index is 9.26. The van der Waals surface area contributed by atoms with Gasteiger partial charge < -0.3 is 10.2 Å². The molecule has 0 radical (unpaired) electrons. The number of hydrogen-bond donors (Lipinski definition) is 2. The lowest BCUT2D eigenvalue weighted by molar-refractivity contribution is 0.133. The third-order valence-electron chi connectivity index (χ3n) is 4.74. The predicted octanol–water partition coefficient (Wildman–Crippen LogP) is 5.53. The minimum atomic E-state index is -0.518. The number of hydrogen-bond acceptors (Lipinski definition) is 6. The molecule has 2 aromatic rings. The van der Waals surface area contributed by atoms with Gasteiger partial charge in [0.05, 0.1) is 37.9 Å². The van der Waals surface area contributed by atoms with Crippen molar-refractivity contribution in [1.29, 1.82) is 0 Å². The van der Waals surface area contributed by atoms with E-state index in [1.807, 2.05) is 23.2 Å². The average Bonchev–Trinajstić information content (AvgIpc) is 3.29. The Morgan fingerprint density at radius 1 is 1.06 bits per heavy atom. The van der Waals surface area contributed by atoms with Crippen molar-refractivity contribution in [2.24, 2.45) is 15.5 Å². The Bertz CT molecular complexity index is 852. The lowest BCUT2D eigenvalue weighted by Gasteiger charge is -2.15. The lowest BCUT2D eigenvalue weighted by Crippen LogP contribution is -2.28. The summed E-state index contributed by atoms with van der Waals surface area (Å²) in [4.78, 5) is 2.44. The van der Waals surface area contributed by atoms with E-state index in [0.29, 0.717) is 6.54 Å². The molecule has 2 N–H and O–H groups in total. The number of benzene rings is 2. The Morgan fingerprint density at radius 2 is 1.65 bits per heavy atom. The zero-order valence-corrected chi connectivity index (χ0v) is 20.3. The number of rotatable bonds is 10. The highest BCUT2D eigenvalue weighted by atomic mass is 16.3. The fourth-order valence-electron chi connectivity index (χ4n) is 3.07. The highest BCUT2D eigenvalue weighted by Crippen LogP contribution is 2.15. The Balaban J connectivity index is 0.000000289. The van der Waals surface area contributed by atoms with Gasteiger partial charge in [-0.3, -0.25) is 5.01 Å². The van der Waals surface area contributed by atoms with Gasteiger partial charge in [-0.1, -0.05) is 77.1 Å². The van der Waals surface area contributed by atoms with Crippen molar-refractivity contribution in [1.82, 2.24) is 5.01 Å². The molecule has 184 valence electrons. The van der Waals surface area contributed by atoms with Crippen LogP contribution in [0.25, 0.3) is 10.4 Å². The summed E-state index contributed by atoms with van der Waals surface area (Å²) in [7, 11) is 0. The molecule has 1 aliphatic rings. The second-order valence-corrected chi connectivity index (χ2v) is 8.18. The Labute approximate surface area is 203 Å². The number of allylic oxidation sites excluding steroid dienone is 1. The molecule has 34 heavy (non-hydrogen) atoms. The van der Waals surface area contributed by atoms with Crippen LogP contribution in [0.2, 0.25) is 0 Å². The molecule has 0 aliphatic carbocycles. The molecular formula is C26H38N6O2. The van der Waals surface area contributed by atoms with Gasteiger partial charge in [-0.2, -0.15) is 5.11 Å². The van der Waals surface area contributed by atoms with Gasteiger partial charge >= 0.3 is 0 Å². The monoisotopic (exact) mass is 466 g/mol. The van der Waals surface area contributed by atoms with Gasteiger partial charge in [0, 0.05) is 4.91 Å². The van der Waals surface area contributed by atoms with Gasteiger partial charge in [0.1, 0.15) is 0 Å². The number of aliphatic hydroxyl groups is 2. The SMILES string of the molecule is C=CCCc1ccccc1.CC(O)CN1CC(CCc2ccccc2)N=N1.CC(O)CN=[N+]=[N-]. The summed E-state index contributed by atoms with van der Waals surface area (Å²) in [6.45, 7) is 8.58. The molecule has 3 unspecified atom stereocenters. The summed E-state index contributed by atoms with van der Waals surface area (Å²) in [6.07, 6.45) is 5.33. The quantitative estimate of drug-likeness (QED) is 0.207. The van der Waals surface area contributed by atoms with E-state index in [-0.39, 0.29) is 18.7 Å². The average molecular weight is 467 g/mol. The van der Waals surface area contributed by atoms with E-state index < -0.39 is 6.10 Å². The Morgan fingerprint density at radius 3 is 2.12 bits per heavy atom. The first-order chi connectivity index (χ1) is 16.4. The van der Waals surface area contributed by atoms with Gasteiger partial charge in [-0.25, -0.2) is 0 Å². The first-order valence-electron chi connectivity index (χ1n) is 11.7. The third-order valence-corrected chi connectivity index (χ3v) is 4.74. The van der Waals surface area contributed by atoms with Gasteiger partial charge in [-0.05, 0) is 56.2 Å². The topological polar surface area (TPSA) is 117 Å². The molecule has 0 spiro atoms. The second-order valence-electron chi connectivity index (χ2n) is 8.18. The van der Waals surface area contributed by atoms with Crippen molar-refractivity contribution in [3.8, 4) is 0 Å². The molecule has 3 rings (SSSR count). The lowest BCUT2D eigenvalue weighted by atomic mass is 10.1. The number of nitrogens with zero attached hydrogens (tertiary/aromatic N) is 6. The molecule has 0 aromatic heterocycles. The van der Waals surface area contributed by atoms with Crippen molar-refractivity contribution in [2.75, 3.05) is 19.6 Å². The van der Waals surface area contributed by atoms with Crippen molar-refractivity contribution in [3.63, 3.8) is 0 Å². The molecule has 3 atom stereocenters. The van der Waals surface area contributed by atoms with E-state index in [0.717, 1.165) is 32.2 Å². The van der Waals surface area contributed by atoms with Gasteiger partial charge in [0.2, 0.25) is 0 Å². The van der Waals surface area contributed by atoms with E-state index >= 15 is 0 Å². The first-order valence-corrected chi connectivity index (χ1v) is 11.7. The molecule has 2 aromatic carbocycles. The zero-order chi connectivity index (χ0) is 25.0. The van der Waals surface area contributed by atoms with Crippen LogP contribution < -0.4 is 0 Å². The third kappa shape index (κ3) is 14.8. The van der Waals surface area contributed by atoms with Crippen LogP contribution in [-0.2, 0) is 12.8 Å². The van der Waals surface area contributed by atoms with E-state index in [1.165, 1.54) is 11.1 Å². The number of azide groups is 1. The highest BCUT2D eigenvalue weighted by molar-refractivity contribution is 5.15. The van der Waals surface area contributed by atoms with Crippen molar-refractivity contribution >= 4 is 0 Å². The summed E-state index contributed by atoms with van der Waals surface area (Å²) in [5.41, 5.74) is 10.4. The molecule has 0 amide bonds. The molecule has 0 fully saturated rings. The Hall–Kier alpha value is -3.19. The summed E-state index contributed by atoms with van der Waals surface area (Å²) in [6, 6.07) is 21.2. The molecular weight excluding hydrogens is 428 g/mol. The summed E-state index contributed by atoms with van der Waals surface area (Å²) >= 11 is 0. The van der Waals surface area contributed by atoms with Crippen molar-refractivity contribution in [2.45, 2.75) is 57.8 Å². The number of aryl methyl sites for hydroxylation is 2.